The summed E-state index contributed by atoms with van der Waals surface area (Å²) in [6.07, 6.45) is 0. The second-order valence-corrected chi connectivity index (χ2v) is 17.3. The predicted octanol–water partition coefficient (Wildman–Crippen LogP) is 16.5. The third kappa shape index (κ3) is 8.12. The van der Waals surface area contributed by atoms with Gasteiger partial charge in [0.2, 0.25) is 5.95 Å². The number of anilines is 6. The standard InChI is InChI=1S/C61H51N5/c1-40-35-42(3)57(43(4)36-40)66(58-44(5)37-41(2)38-45(58)6)52-33-31-51(32-34-52)65(53-28-16-27-50(39-53)46-19-10-7-11-20-46)61-63-59(49-23-14-9-15-24-49)62-60(64-61)55-30-18-26-48-25-17-29-54(56(48)55)47-21-12-8-13-22-47/h7-39H,1-6H3. The molecule has 0 saturated heterocycles. The number of hydrogen-bond acceptors (Lipinski definition) is 5. The largest absolute Gasteiger partial charge is 0.309 e. The van der Waals surface area contributed by atoms with Crippen LogP contribution in [0.15, 0.2) is 200 Å². The van der Waals surface area contributed by atoms with Crippen molar-refractivity contribution in [2.75, 3.05) is 9.80 Å². The van der Waals surface area contributed by atoms with Gasteiger partial charge >= 0.3 is 0 Å². The fourth-order valence-electron chi connectivity index (χ4n) is 9.69. The van der Waals surface area contributed by atoms with Gasteiger partial charge in [-0.15, -0.1) is 0 Å². The van der Waals surface area contributed by atoms with E-state index < -0.39 is 0 Å². The number of hydrogen-bond donors (Lipinski definition) is 0. The fourth-order valence-corrected chi connectivity index (χ4v) is 9.69. The van der Waals surface area contributed by atoms with Gasteiger partial charge < -0.3 is 4.90 Å². The van der Waals surface area contributed by atoms with Gasteiger partial charge in [0.15, 0.2) is 11.6 Å². The van der Waals surface area contributed by atoms with Crippen molar-refractivity contribution in [2.24, 2.45) is 0 Å². The minimum atomic E-state index is 0.512. The first kappa shape index (κ1) is 41.8. The minimum Gasteiger partial charge on any atom is -0.309 e. The van der Waals surface area contributed by atoms with E-state index in [9.17, 15) is 0 Å². The number of fused-ring (bicyclic) bond motifs is 1. The molecule has 10 aromatic rings. The number of aromatic nitrogens is 3. The molecule has 0 N–H and O–H groups in total. The molecule has 0 aliphatic rings. The lowest BCUT2D eigenvalue weighted by molar-refractivity contribution is 1.02. The van der Waals surface area contributed by atoms with Gasteiger partial charge in [-0.05, 0) is 128 Å². The highest BCUT2D eigenvalue weighted by Gasteiger charge is 2.25. The Kier molecular flexibility index (Phi) is 11.3. The first-order chi connectivity index (χ1) is 32.2. The molecule has 0 saturated carbocycles. The zero-order valence-electron chi connectivity index (χ0n) is 38.3. The third-order valence-electron chi connectivity index (χ3n) is 12.4. The lowest BCUT2D eigenvalue weighted by Gasteiger charge is -2.32. The maximum atomic E-state index is 5.48. The highest BCUT2D eigenvalue weighted by molar-refractivity contribution is 6.05. The first-order valence-corrected chi connectivity index (χ1v) is 22.6. The monoisotopic (exact) mass is 853 g/mol. The van der Waals surface area contributed by atoms with Crippen molar-refractivity contribution in [3.63, 3.8) is 0 Å². The molecule has 0 aliphatic heterocycles. The van der Waals surface area contributed by atoms with Crippen molar-refractivity contribution in [3.05, 3.63) is 234 Å². The average molecular weight is 854 g/mol. The Morgan fingerprint density at radius 1 is 0.318 bits per heavy atom. The van der Waals surface area contributed by atoms with Crippen LogP contribution < -0.4 is 9.80 Å². The van der Waals surface area contributed by atoms with Crippen molar-refractivity contribution >= 4 is 45.2 Å². The number of aryl methyl sites for hydroxylation is 6. The van der Waals surface area contributed by atoms with Crippen LogP contribution in [-0.4, -0.2) is 15.0 Å². The molecule has 0 atom stereocenters. The zero-order valence-corrected chi connectivity index (χ0v) is 38.3. The molecule has 5 heteroatoms. The number of nitrogens with zero attached hydrogens (tertiary/aromatic N) is 5. The van der Waals surface area contributed by atoms with Crippen LogP contribution >= 0.6 is 0 Å². The Hall–Kier alpha value is -8.15. The summed E-state index contributed by atoms with van der Waals surface area (Å²) in [6.45, 7) is 13.2. The quantitative estimate of drug-likeness (QED) is 0.137. The molecule has 0 fully saturated rings. The van der Waals surface area contributed by atoms with Crippen LogP contribution in [0, 0.1) is 41.5 Å². The van der Waals surface area contributed by atoms with E-state index in [1.165, 1.54) is 44.8 Å². The van der Waals surface area contributed by atoms with E-state index in [4.69, 9.17) is 15.0 Å². The molecule has 0 unspecified atom stereocenters. The van der Waals surface area contributed by atoms with Gasteiger partial charge in [0.05, 0.1) is 11.4 Å². The van der Waals surface area contributed by atoms with E-state index >= 15 is 0 Å². The van der Waals surface area contributed by atoms with Crippen molar-refractivity contribution in [1.29, 1.82) is 0 Å². The zero-order chi connectivity index (χ0) is 45.3. The van der Waals surface area contributed by atoms with Gasteiger partial charge in [-0.2, -0.15) is 9.97 Å². The summed E-state index contributed by atoms with van der Waals surface area (Å²) in [6, 6.07) is 70.8. The van der Waals surface area contributed by atoms with Crippen LogP contribution in [0.2, 0.25) is 0 Å². The molecule has 66 heavy (non-hydrogen) atoms. The van der Waals surface area contributed by atoms with Crippen LogP contribution in [0.25, 0.3) is 55.8 Å². The Bertz CT molecular complexity index is 3250. The Morgan fingerprint density at radius 3 is 1.33 bits per heavy atom. The highest BCUT2D eigenvalue weighted by atomic mass is 15.3. The van der Waals surface area contributed by atoms with Gasteiger partial charge in [0.25, 0.3) is 0 Å². The lowest BCUT2D eigenvalue weighted by Crippen LogP contribution is -2.17. The maximum absolute atomic E-state index is 5.48. The Labute approximate surface area is 388 Å². The molecule has 0 bridgehead atoms. The summed E-state index contributed by atoms with van der Waals surface area (Å²) in [4.78, 5) is 20.7. The van der Waals surface area contributed by atoms with Gasteiger partial charge in [-0.3, -0.25) is 4.90 Å². The van der Waals surface area contributed by atoms with Crippen molar-refractivity contribution < 1.29 is 0 Å². The van der Waals surface area contributed by atoms with Gasteiger partial charge in [0.1, 0.15) is 0 Å². The van der Waals surface area contributed by atoms with Gasteiger partial charge in [0, 0.05) is 33.6 Å². The molecule has 0 aliphatic carbocycles. The summed E-state index contributed by atoms with van der Waals surface area (Å²) < 4.78 is 0. The van der Waals surface area contributed by atoms with Crippen LogP contribution in [0.3, 0.4) is 0 Å². The highest BCUT2D eigenvalue weighted by Crippen LogP contribution is 2.45. The van der Waals surface area contributed by atoms with Crippen LogP contribution in [0.4, 0.5) is 34.4 Å². The Balaban J connectivity index is 1.21. The Morgan fingerprint density at radius 2 is 0.773 bits per heavy atom. The van der Waals surface area contributed by atoms with Crippen molar-refractivity contribution in [2.45, 2.75) is 41.5 Å². The van der Waals surface area contributed by atoms with E-state index in [2.05, 4.69) is 233 Å². The molecular weight excluding hydrogens is 803 g/mol. The van der Waals surface area contributed by atoms with E-state index in [0.717, 1.165) is 61.2 Å². The average Bonchev–Trinajstić information content (AvgIpc) is 3.34. The van der Waals surface area contributed by atoms with E-state index in [0.29, 0.717) is 17.6 Å². The van der Waals surface area contributed by atoms with Crippen molar-refractivity contribution in [3.8, 4) is 45.0 Å². The van der Waals surface area contributed by atoms with E-state index in [1.54, 1.807) is 0 Å². The molecule has 0 amide bonds. The van der Waals surface area contributed by atoms with E-state index in [1.807, 2.05) is 18.2 Å². The molecule has 1 aromatic heterocycles. The van der Waals surface area contributed by atoms with Crippen LogP contribution in [0.5, 0.6) is 0 Å². The normalized spacial score (nSPS) is 11.2. The summed E-state index contributed by atoms with van der Waals surface area (Å²) in [5, 5.41) is 2.20. The van der Waals surface area contributed by atoms with Gasteiger partial charge in [-0.25, -0.2) is 4.98 Å². The second-order valence-electron chi connectivity index (χ2n) is 17.3. The van der Waals surface area contributed by atoms with Crippen molar-refractivity contribution in [1.82, 2.24) is 15.0 Å². The summed E-state index contributed by atoms with van der Waals surface area (Å²) in [7, 11) is 0. The van der Waals surface area contributed by atoms with E-state index in [-0.39, 0.29) is 0 Å². The smallest absolute Gasteiger partial charge is 0.238 e. The maximum Gasteiger partial charge on any atom is 0.238 e. The summed E-state index contributed by atoms with van der Waals surface area (Å²) in [5.41, 5.74) is 19.0. The summed E-state index contributed by atoms with van der Waals surface area (Å²) in [5.74, 6) is 1.70. The fraction of sp³-hybridized carbons (Fsp3) is 0.0984. The van der Waals surface area contributed by atoms with Crippen LogP contribution in [-0.2, 0) is 0 Å². The molecule has 0 radical (unpaired) electrons. The molecular formula is C61H51N5. The topological polar surface area (TPSA) is 45.2 Å². The number of rotatable bonds is 10. The molecule has 1 heterocycles. The SMILES string of the molecule is Cc1cc(C)c(N(c2ccc(N(c3cccc(-c4ccccc4)c3)c3nc(-c4ccccc4)nc(-c4cccc5cccc(-c6ccccc6)c45)n3)cc2)c2c(C)cc(C)cc2C)c(C)c1. The predicted molar refractivity (Wildman–Crippen MR) is 277 cm³/mol. The lowest BCUT2D eigenvalue weighted by atomic mass is 9.94. The first-order valence-electron chi connectivity index (χ1n) is 22.6. The number of benzene rings is 9. The van der Waals surface area contributed by atoms with Gasteiger partial charge in [-0.1, -0.05) is 175 Å². The minimum absolute atomic E-state index is 0.512. The summed E-state index contributed by atoms with van der Waals surface area (Å²) >= 11 is 0. The molecule has 0 spiro atoms. The molecule has 9 aromatic carbocycles. The molecule has 10 rings (SSSR count). The molecule has 5 nitrogen and oxygen atoms in total. The second kappa shape index (κ2) is 17.8. The third-order valence-corrected chi connectivity index (χ3v) is 12.4. The van der Waals surface area contributed by atoms with Crippen LogP contribution in [0.1, 0.15) is 33.4 Å². The molecule has 320 valence electrons.